The van der Waals surface area contributed by atoms with Crippen molar-refractivity contribution in [2.75, 3.05) is 31.5 Å². The van der Waals surface area contributed by atoms with Crippen LogP contribution in [0.3, 0.4) is 0 Å². The van der Waals surface area contributed by atoms with Crippen LogP contribution in [0.1, 0.15) is 47.9 Å². The van der Waals surface area contributed by atoms with Crippen LogP contribution in [-0.2, 0) is 11.3 Å². The number of carbonyl (C=O) groups is 1. The van der Waals surface area contributed by atoms with Gasteiger partial charge in [-0.15, -0.1) is 0 Å². The minimum atomic E-state index is -0.736. The van der Waals surface area contributed by atoms with E-state index in [1.54, 1.807) is 0 Å². The van der Waals surface area contributed by atoms with Crippen LogP contribution >= 0.6 is 0 Å². The Morgan fingerprint density at radius 2 is 1.87 bits per heavy atom. The van der Waals surface area contributed by atoms with Gasteiger partial charge in [-0.3, -0.25) is 9.79 Å². The first-order valence-corrected chi connectivity index (χ1v) is 18.4. The number of hydrogen-bond donors (Lipinski definition) is 4. The van der Waals surface area contributed by atoms with Gasteiger partial charge < -0.3 is 30.2 Å². The highest BCUT2D eigenvalue weighted by Crippen LogP contribution is 2.37. The van der Waals surface area contributed by atoms with Gasteiger partial charge in [0.2, 0.25) is 5.89 Å². The van der Waals surface area contributed by atoms with Gasteiger partial charge in [0.1, 0.15) is 16.9 Å². The molecule has 1 saturated heterocycles. The molecule has 0 radical (unpaired) electrons. The number of hydrogen-bond acceptors (Lipinski definition) is 10. The van der Waals surface area contributed by atoms with Crippen LogP contribution < -0.4 is 21.2 Å². The molecular formula is C42H43N7O4. The first-order valence-electron chi connectivity index (χ1n) is 18.4. The van der Waals surface area contributed by atoms with E-state index in [1.165, 1.54) is 0 Å². The molecule has 1 aliphatic carbocycles. The maximum atomic E-state index is 11.4. The fraction of sp³-hybridized carbons (Fsp3) is 0.357. The summed E-state index contributed by atoms with van der Waals surface area (Å²) in [6.45, 7) is 7.92. The molecule has 2 aliphatic heterocycles. The van der Waals surface area contributed by atoms with Crippen molar-refractivity contribution in [3.8, 4) is 28.7 Å². The second-order valence-corrected chi connectivity index (χ2v) is 14.7. The number of β-amino-alcohol motifs (C(OH)–C–C–N with tert-alkyl or cyclic N) is 1. The molecule has 5 aromatic rings. The Kier molecular flexibility index (Phi) is 9.51. The molecule has 1 unspecified atom stereocenters. The summed E-state index contributed by atoms with van der Waals surface area (Å²) < 4.78 is 6.29. The Morgan fingerprint density at radius 3 is 2.64 bits per heavy atom. The zero-order chi connectivity index (χ0) is 36.6. The molecule has 2 aromatic heterocycles. The number of nitriles is 1. The average molecular weight is 710 g/mol. The Balaban J connectivity index is 1.04. The highest BCUT2D eigenvalue weighted by molar-refractivity contribution is 5.85. The SMILES string of the molecule is Cc1c(Nc2nccc3c2=NCC(CN2CC[C@@H](O)C2)C=3)cccc1-c1cccc(-c2nc3cc(CN[C@H]4CC[C@@H](C(=O)O)C4)cc(C#N)c3o2)c1C. The molecule has 8 rings (SSSR count). The number of pyridine rings is 1. The third-order valence-electron chi connectivity index (χ3n) is 11.1. The van der Waals surface area contributed by atoms with Crippen molar-refractivity contribution in [2.45, 2.75) is 58.2 Å². The third kappa shape index (κ3) is 7.05. The molecule has 4 N–H and O–H groups in total. The minimum Gasteiger partial charge on any atom is -0.481 e. The number of carboxylic acid groups (broad SMARTS) is 1. The van der Waals surface area contributed by atoms with E-state index in [1.807, 2.05) is 42.6 Å². The van der Waals surface area contributed by atoms with Gasteiger partial charge in [0, 0.05) is 67.3 Å². The zero-order valence-electron chi connectivity index (χ0n) is 30.0. The quantitative estimate of drug-likeness (QED) is 0.151. The third-order valence-corrected chi connectivity index (χ3v) is 11.1. The average Bonchev–Trinajstić information content (AvgIpc) is 3.92. The number of anilines is 2. The standard InChI is InChI=1S/C42H43N7O4/c1-24-33(5-3-7-35(24)41-48-37-17-26(15-30(19-43)39(37)53-41)20-45-31-10-9-29(18-31)42(51)52)34-6-4-8-36(25(34)2)47-40-38-28(11-13-44-40)16-27(21-46-38)22-49-14-12-32(50)23-49/h3-8,11,13,15-17,27,29,31-32,45,50H,9-10,12,14,18,20-23H2,1-2H3,(H,44,47)(H,51,52)/t27?,29-,31+,32-/m1/s1. The molecule has 53 heavy (non-hydrogen) atoms. The summed E-state index contributed by atoms with van der Waals surface area (Å²) in [5.41, 5.74) is 8.35. The fourth-order valence-corrected chi connectivity index (χ4v) is 8.19. The number of aliphatic hydroxyl groups excluding tert-OH is 1. The van der Waals surface area contributed by atoms with Crippen molar-refractivity contribution in [1.82, 2.24) is 20.2 Å². The van der Waals surface area contributed by atoms with Crippen LogP contribution in [0.15, 0.2) is 70.2 Å². The smallest absolute Gasteiger partial charge is 0.306 e. The molecule has 3 aromatic carbocycles. The molecule has 0 bridgehead atoms. The lowest BCUT2D eigenvalue weighted by atomic mass is 9.93. The van der Waals surface area contributed by atoms with Crippen LogP contribution in [0.5, 0.6) is 0 Å². The summed E-state index contributed by atoms with van der Waals surface area (Å²) in [6, 6.07) is 20.5. The van der Waals surface area contributed by atoms with Gasteiger partial charge in [0.25, 0.3) is 0 Å². The maximum Gasteiger partial charge on any atom is 0.306 e. The first kappa shape index (κ1) is 34.7. The summed E-state index contributed by atoms with van der Waals surface area (Å²) in [4.78, 5) is 28.2. The molecule has 11 heteroatoms. The second kappa shape index (κ2) is 14.5. The van der Waals surface area contributed by atoms with Gasteiger partial charge in [-0.1, -0.05) is 30.3 Å². The van der Waals surface area contributed by atoms with Crippen molar-refractivity contribution in [2.24, 2.45) is 16.8 Å². The predicted molar refractivity (Wildman–Crippen MR) is 203 cm³/mol. The Bertz CT molecular complexity index is 2380. The molecule has 11 nitrogen and oxygen atoms in total. The van der Waals surface area contributed by atoms with Gasteiger partial charge in [0.05, 0.1) is 17.6 Å². The Labute approximate surface area is 307 Å². The molecule has 4 atom stereocenters. The number of aliphatic carboxylic acids is 1. The van der Waals surface area contributed by atoms with Crippen molar-refractivity contribution in [1.29, 1.82) is 5.26 Å². The van der Waals surface area contributed by atoms with Crippen LogP contribution in [0.2, 0.25) is 0 Å². The fourth-order valence-electron chi connectivity index (χ4n) is 8.19. The number of nitrogens with one attached hydrogen (secondary N) is 2. The summed E-state index contributed by atoms with van der Waals surface area (Å²) in [5, 5.41) is 38.3. The van der Waals surface area contributed by atoms with Gasteiger partial charge in [0.15, 0.2) is 11.4 Å². The van der Waals surface area contributed by atoms with E-state index in [2.05, 4.69) is 64.7 Å². The normalized spacial score (nSPS) is 21.2. The lowest BCUT2D eigenvalue weighted by molar-refractivity contribution is -0.141. The molecule has 3 aliphatic rings. The molecule has 0 amide bonds. The van der Waals surface area contributed by atoms with E-state index in [4.69, 9.17) is 14.4 Å². The number of benzene rings is 3. The van der Waals surface area contributed by atoms with E-state index in [9.17, 15) is 20.3 Å². The Hall–Kier alpha value is -5.41. The van der Waals surface area contributed by atoms with Gasteiger partial charge in [-0.05, 0) is 97.7 Å². The van der Waals surface area contributed by atoms with Crippen LogP contribution in [0.25, 0.3) is 39.8 Å². The molecular weight excluding hydrogens is 667 g/mol. The topological polar surface area (TPSA) is 160 Å². The summed E-state index contributed by atoms with van der Waals surface area (Å²) >= 11 is 0. The predicted octanol–water partition coefficient (Wildman–Crippen LogP) is 5.23. The van der Waals surface area contributed by atoms with E-state index >= 15 is 0 Å². The molecule has 1 saturated carbocycles. The molecule has 0 spiro atoms. The number of nitrogens with zero attached hydrogens (tertiary/aromatic N) is 5. The Morgan fingerprint density at radius 1 is 1.06 bits per heavy atom. The van der Waals surface area contributed by atoms with Crippen LogP contribution in [0, 0.1) is 37.0 Å². The number of aliphatic hydroxyl groups is 1. The van der Waals surface area contributed by atoms with Gasteiger partial charge in [-0.25, -0.2) is 9.97 Å². The molecule has 4 heterocycles. The first-order chi connectivity index (χ1) is 25.7. The van der Waals surface area contributed by atoms with E-state index in [0.717, 1.165) is 87.9 Å². The van der Waals surface area contributed by atoms with Crippen molar-refractivity contribution in [3.63, 3.8) is 0 Å². The van der Waals surface area contributed by atoms with Gasteiger partial charge >= 0.3 is 5.97 Å². The maximum absolute atomic E-state index is 11.4. The van der Waals surface area contributed by atoms with E-state index in [0.29, 0.717) is 54.4 Å². The number of carboxylic acids is 1. The number of aromatic nitrogens is 2. The lowest BCUT2D eigenvalue weighted by Gasteiger charge is -2.22. The van der Waals surface area contributed by atoms with E-state index in [-0.39, 0.29) is 18.1 Å². The lowest BCUT2D eigenvalue weighted by Crippen LogP contribution is -2.37. The van der Waals surface area contributed by atoms with Crippen LogP contribution in [0.4, 0.5) is 11.5 Å². The van der Waals surface area contributed by atoms with Gasteiger partial charge in [-0.2, -0.15) is 5.26 Å². The number of oxazole rings is 1. The number of rotatable bonds is 10. The van der Waals surface area contributed by atoms with Crippen molar-refractivity contribution < 1.29 is 19.4 Å². The highest BCUT2D eigenvalue weighted by Gasteiger charge is 2.29. The van der Waals surface area contributed by atoms with E-state index < -0.39 is 5.97 Å². The van der Waals surface area contributed by atoms with Crippen molar-refractivity contribution in [3.05, 3.63) is 93.6 Å². The van der Waals surface area contributed by atoms with Crippen LogP contribution in [-0.4, -0.2) is 69.4 Å². The number of likely N-dealkylation sites (tertiary alicyclic amines) is 1. The van der Waals surface area contributed by atoms with Crippen molar-refractivity contribution >= 4 is 34.7 Å². The molecule has 2 fully saturated rings. The largest absolute Gasteiger partial charge is 0.481 e. The highest BCUT2D eigenvalue weighted by atomic mass is 16.4. The summed E-state index contributed by atoms with van der Waals surface area (Å²) in [5.74, 6) is 0.430. The number of fused-ring (bicyclic) bond motifs is 2. The second-order valence-electron chi connectivity index (χ2n) is 14.7. The zero-order valence-corrected chi connectivity index (χ0v) is 30.0. The molecule has 270 valence electrons. The summed E-state index contributed by atoms with van der Waals surface area (Å²) in [7, 11) is 0. The monoisotopic (exact) mass is 709 g/mol. The summed E-state index contributed by atoms with van der Waals surface area (Å²) in [6.07, 6.45) is 6.82. The minimum absolute atomic E-state index is 0.130.